The van der Waals surface area contributed by atoms with Crippen LogP contribution in [0, 0.1) is 11.8 Å². The summed E-state index contributed by atoms with van der Waals surface area (Å²) in [5.41, 5.74) is 1.06. The lowest BCUT2D eigenvalue weighted by Gasteiger charge is -2.16. The van der Waals surface area contributed by atoms with Crippen molar-refractivity contribution in [3.63, 3.8) is 0 Å². The van der Waals surface area contributed by atoms with Gasteiger partial charge in [0.2, 0.25) is 17.7 Å². The molecule has 1 aromatic rings. The molecule has 1 saturated heterocycles. The first-order chi connectivity index (χ1) is 11.6. The molecule has 6 heteroatoms. The van der Waals surface area contributed by atoms with Crippen molar-refractivity contribution < 1.29 is 14.4 Å². The van der Waals surface area contributed by atoms with Crippen LogP contribution in [0.25, 0.3) is 0 Å². The van der Waals surface area contributed by atoms with Gasteiger partial charge >= 0.3 is 0 Å². The summed E-state index contributed by atoms with van der Waals surface area (Å²) < 4.78 is 0. The Morgan fingerprint density at radius 2 is 1.62 bits per heavy atom. The molecule has 3 rings (SSSR count). The van der Waals surface area contributed by atoms with Gasteiger partial charge in [-0.3, -0.25) is 14.4 Å². The summed E-state index contributed by atoms with van der Waals surface area (Å²) in [6.45, 7) is 1.84. The lowest BCUT2D eigenvalue weighted by Crippen LogP contribution is -2.38. The van der Waals surface area contributed by atoms with E-state index in [1.54, 1.807) is 4.90 Å². The summed E-state index contributed by atoms with van der Waals surface area (Å²) in [4.78, 5) is 37.5. The van der Waals surface area contributed by atoms with Crippen molar-refractivity contribution in [3.8, 4) is 0 Å². The minimum atomic E-state index is -0.305. The number of hydrogen-bond acceptors (Lipinski definition) is 3. The van der Waals surface area contributed by atoms with Gasteiger partial charge in [0.1, 0.15) is 0 Å². The predicted molar refractivity (Wildman–Crippen MR) is 88.7 cm³/mol. The zero-order valence-electron chi connectivity index (χ0n) is 13.7. The van der Waals surface area contributed by atoms with Gasteiger partial charge in [-0.25, -0.2) is 0 Å². The second-order valence-electron chi connectivity index (χ2n) is 6.52. The molecule has 3 amide bonds. The van der Waals surface area contributed by atoms with Crippen molar-refractivity contribution >= 4 is 17.7 Å². The minimum Gasteiger partial charge on any atom is -0.354 e. The number of nitrogens with zero attached hydrogens (tertiary/aromatic N) is 1. The number of hydrogen-bond donors (Lipinski definition) is 2. The molecule has 0 bridgehead atoms. The van der Waals surface area contributed by atoms with Gasteiger partial charge in [0.15, 0.2) is 0 Å². The van der Waals surface area contributed by atoms with E-state index in [4.69, 9.17) is 0 Å². The number of carbonyl (C=O) groups is 3. The molecule has 0 aromatic heterocycles. The molecule has 6 nitrogen and oxygen atoms in total. The fraction of sp³-hybridized carbons (Fsp3) is 0.500. The van der Waals surface area contributed by atoms with E-state index in [0.717, 1.165) is 18.4 Å². The molecule has 24 heavy (non-hydrogen) atoms. The molecule has 2 aliphatic rings. The smallest absolute Gasteiger partial charge is 0.225 e. The van der Waals surface area contributed by atoms with E-state index in [1.165, 1.54) is 0 Å². The van der Waals surface area contributed by atoms with Gasteiger partial charge in [0.05, 0.1) is 5.92 Å². The summed E-state index contributed by atoms with van der Waals surface area (Å²) in [6.07, 6.45) is 2.20. The maximum Gasteiger partial charge on any atom is 0.225 e. The molecule has 128 valence electrons. The Labute approximate surface area is 141 Å². The molecule has 1 aromatic carbocycles. The number of rotatable bonds is 7. The molecule has 1 aliphatic heterocycles. The van der Waals surface area contributed by atoms with E-state index < -0.39 is 0 Å². The van der Waals surface area contributed by atoms with Gasteiger partial charge < -0.3 is 15.5 Å². The van der Waals surface area contributed by atoms with Crippen molar-refractivity contribution in [1.29, 1.82) is 0 Å². The molecule has 2 N–H and O–H groups in total. The van der Waals surface area contributed by atoms with Crippen LogP contribution in [0.3, 0.4) is 0 Å². The van der Waals surface area contributed by atoms with Crippen molar-refractivity contribution in [1.82, 2.24) is 15.5 Å². The SMILES string of the molecule is O=C(NCCNC(=O)C1CC(=O)N(Cc2ccccc2)C1)C1CC1. The van der Waals surface area contributed by atoms with Gasteiger partial charge in [-0.2, -0.15) is 0 Å². The first-order valence-electron chi connectivity index (χ1n) is 8.50. The highest BCUT2D eigenvalue weighted by Gasteiger charge is 2.34. The second kappa shape index (κ2) is 7.47. The molecule has 1 unspecified atom stereocenters. The standard InChI is InChI=1S/C18H23N3O3/c22-16-10-15(12-21(16)11-13-4-2-1-3-5-13)18(24)20-9-8-19-17(23)14-6-7-14/h1-5,14-15H,6-12H2,(H,19,23)(H,20,24). The van der Waals surface area contributed by atoms with Gasteiger partial charge in [-0.1, -0.05) is 30.3 Å². The number of nitrogens with one attached hydrogen (secondary N) is 2. The van der Waals surface area contributed by atoms with Crippen LogP contribution < -0.4 is 10.6 Å². The van der Waals surface area contributed by atoms with Crippen LogP contribution in [0.4, 0.5) is 0 Å². The Morgan fingerprint density at radius 3 is 2.25 bits per heavy atom. The third-order valence-electron chi connectivity index (χ3n) is 4.47. The lowest BCUT2D eigenvalue weighted by molar-refractivity contribution is -0.129. The summed E-state index contributed by atoms with van der Waals surface area (Å²) in [6, 6.07) is 9.77. The first-order valence-corrected chi connectivity index (χ1v) is 8.50. The molecule has 1 atom stereocenters. The molecule has 1 saturated carbocycles. The van der Waals surface area contributed by atoms with Crippen molar-refractivity contribution in [2.45, 2.75) is 25.8 Å². The Hall–Kier alpha value is -2.37. The fourth-order valence-corrected chi connectivity index (χ4v) is 2.91. The van der Waals surface area contributed by atoms with Crippen LogP contribution in [0.2, 0.25) is 0 Å². The monoisotopic (exact) mass is 329 g/mol. The average Bonchev–Trinajstić information content (AvgIpc) is 3.37. The number of likely N-dealkylation sites (tertiary alicyclic amines) is 1. The van der Waals surface area contributed by atoms with Gasteiger partial charge in [-0.15, -0.1) is 0 Å². The van der Waals surface area contributed by atoms with Crippen LogP contribution in [0.5, 0.6) is 0 Å². The van der Waals surface area contributed by atoms with E-state index in [9.17, 15) is 14.4 Å². The molecular weight excluding hydrogens is 306 g/mol. The third kappa shape index (κ3) is 4.34. The lowest BCUT2D eigenvalue weighted by atomic mass is 10.1. The minimum absolute atomic E-state index is 0.0149. The number of benzene rings is 1. The van der Waals surface area contributed by atoms with E-state index in [0.29, 0.717) is 26.2 Å². The molecule has 1 aliphatic carbocycles. The maximum absolute atomic E-state index is 12.2. The topological polar surface area (TPSA) is 78.5 Å². The average molecular weight is 329 g/mol. The highest BCUT2D eigenvalue weighted by atomic mass is 16.2. The van der Waals surface area contributed by atoms with Crippen molar-refractivity contribution in [2.24, 2.45) is 11.8 Å². The van der Waals surface area contributed by atoms with Crippen LogP contribution in [0.15, 0.2) is 30.3 Å². The Kier molecular flexibility index (Phi) is 5.13. The Balaban J connectivity index is 1.39. The van der Waals surface area contributed by atoms with Gasteiger partial charge in [0, 0.05) is 38.5 Å². The quantitative estimate of drug-likeness (QED) is 0.722. The first kappa shape index (κ1) is 16.5. The Bertz CT molecular complexity index is 613. The normalized spacial score (nSPS) is 20.1. The van der Waals surface area contributed by atoms with Gasteiger partial charge in [0.25, 0.3) is 0 Å². The highest BCUT2D eigenvalue weighted by Crippen LogP contribution is 2.28. The second-order valence-corrected chi connectivity index (χ2v) is 6.52. The summed E-state index contributed by atoms with van der Waals surface area (Å²) in [7, 11) is 0. The van der Waals surface area contributed by atoms with Crippen LogP contribution in [-0.4, -0.2) is 42.3 Å². The van der Waals surface area contributed by atoms with Crippen LogP contribution in [-0.2, 0) is 20.9 Å². The van der Waals surface area contributed by atoms with Crippen LogP contribution in [0.1, 0.15) is 24.8 Å². The molecule has 1 heterocycles. The van der Waals surface area contributed by atoms with E-state index in [2.05, 4.69) is 10.6 Å². The molecule has 0 spiro atoms. The number of carbonyl (C=O) groups excluding carboxylic acids is 3. The highest BCUT2D eigenvalue weighted by molar-refractivity contribution is 5.89. The predicted octanol–water partition coefficient (Wildman–Crippen LogP) is 0.677. The molecule has 0 radical (unpaired) electrons. The maximum atomic E-state index is 12.2. The van der Waals surface area contributed by atoms with Crippen molar-refractivity contribution in [3.05, 3.63) is 35.9 Å². The van der Waals surface area contributed by atoms with E-state index >= 15 is 0 Å². The third-order valence-corrected chi connectivity index (χ3v) is 4.47. The molecule has 2 fully saturated rings. The van der Waals surface area contributed by atoms with Gasteiger partial charge in [-0.05, 0) is 18.4 Å². The Morgan fingerprint density at radius 1 is 1.00 bits per heavy atom. The largest absolute Gasteiger partial charge is 0.354 e. The zero-order chi connectivity index (χ0) is 16.9. The summed E-state index contributed by atoms with van der Waals surface area (Å²) >= 11 is 0. The summed E-state index contributed by atoms with van der Waals surface area (Å²) in [5, 5.41) is 5.62. The van der Waals surface area contributed by atoms with Crippen LogP contribution >= 0.6 is 0 Å². The molecular formula is C18H23N3O3. The van der Waals surface area contributed by atoms with E-state index in [-0.39, 0.29) is 36.0 Å². The van der Waals surface area contributed by atoms with Crippen molar-refractivity contribution in [2.75, 3.05) is 19.6 Å². The number of amides is 3. The zero-order valence-corrected chi connectivity index (χ0v) is 13.7. The van der Waals surface area contributed by atoms with E-state index in [1.807, 2.05) is 30.3 Å². The fourth-order valence-electron chi connectivity index (χ4n) is 2.91. The summed E-state index contributed by atoms with van der Waals surface area (Å²) in [5.74, 6) is -0.144.